The molecule has 0 bridgehead atoms. The van der Waals surface area contributed by atoms with Crippen LogP contribution >= 0.6 is 0 Å². The maximum atomic E-state index is 13.5. The number of halogens is 2. The van der Waals surface area contributed by atoms with Crippen molar-refractivity contribution in [3.05, 3.63) is 23.8 Å². The van der Waals surface area contributed by atoms with Gasteiger partial charge in [-0.05, 0) is 18.6 Å². The summed E-state index contributed by atoms with van der Waals surface area (Å²) in [6.07, 6.45) is 3.00. The molecule has 0 radical (unpaired) electrons. The van der Waals surface area contributed by atoms with E-state index in [1.165, 1.54) is 0 Å². The molecule has 0 unspecified atom stereocenters. The van der Waals surface area contributed by atoms with Crippen LogP contribution in [0.3, 0.4) is 0 Å². The summed E-state index contributed by atoms with van der Waals surface area (Å²) in [5, 5.41) is 0. The summed E-state index contributed by atoms with van der Waals surface area (Å²) in [7, 11) is -3.92. The first-order valence-electron chi connectivity index (χ1n) is 5.85. The molecule has 0 aromatic heterocycles. The lowest BCUT2D eigenvalue weighted by atomic mass is 10.2. The fraction of sp³-hybridized carbons (Fsp3) is 0.500. The fourth-order valence-electron chi connectivity index (χ4n) is 1.70. The Bertz CT molecular complexity index is 492. The van der Waals surface area contributed by atoms with Crippen molar-refractivity contribution >= 4 is 15.5 Å². The lowest BCUT2D eigenvalue weighted by Crippen LogP contribution is -2.12. The Morgan fingerprint density at radius 2 is 1.67 bits per heavy atom. The molecule has 0 heterocycles. The standard InChI is InChI=1S/C12H17F2NO2S/c1-2-3-4-5-6-18(16,17)12-10(13)7-9(15)8-11(12)14/h7-8H,2-6,15H2,1H3. The number of sulfone groups is 1. The van der Waals surface area contributed by atoms with Gasteiger partial charge in [-0.15, -0.1) is 0 Å². The Kier molecular flexibility index (Phi) is 5.07. The van der Waals surface area contributed by atoms with Crippen molar-refractivity contribution < 1.29 is 17.2 Å². The number of anilines is 1. The Hall–Kier alpha value is -1.17. The molecule has 18 heavy (non-hydrogen) atoms. The summed E-state index contributed by atoms with van der Waals surface area (Å²) < 4.78 is 50.6. The van der Waals surface area contributed by atoms with E-state index in [1.807, 2.05) is 6.92 Å². The molecule has 1 aromatic rings. The van der Waals surface area contributed by atoms with E-state index in [-0.39, 0.29) is 11.4 Å². The van der Waals surface area contributed by atoms with Gasteiger partial charge in [-0.25, -0.2) is 17.2 Å². The van der Waals surface area contributed by atoms with Gasteiger partial charge in [-0.2, -0.15) is 0 Å². The molecule has 0 fully saturated rings. The summed E-state index contributed by atoms with van der Waals surface area (Å²) in [4.78, 5) is -0.867. The third-order valence-electron chi connectivity index (χ3n) is 2.60. The highest BCUT2D eigenvalue weighted by molar-refractivity contribution is 7.91. The normalized spacial score (nSPS) is 11.7. The van der Waals surface area contributed by atoms with E-state index in [0.29, 0.717) is 6.42 Å². The van der Waals surface area contributed by atoms with E-state index in [9.17, 15) is 17.2 Å². The number of nitrogen functional groups attached to an aromatic ring is 1. The number of unbranched alkanes of at least 4 members (excludes halogenated alkanes) is 3. The smallest absolute Gasteiger partial charge is 0.184 e. The highest BCUT2D eigenvalue weighted by atomic mass is 32.2. The minimum atomic E-state index is -3.92. The van der Waals surface area contributed by atoms with Gasteiger partial charge in [-0.1, -0.05) is 26.2 Å². The highest BCUT2D eigenvalue weighted by Crippen LogP contribution is 2.23. The average Bonchev–Trinajstić information content (AvgIpc) is 2.22. The third-order valence-corrected chi connectivity index (χ3v) is 4.44. The van der Waals surface area contributed by atoms with Crippen LogP contribution in [0.5, 0.6) is 0 Å². The van der Waals surface area contributed by atoms with Crippen molar-refractivity contribution in [2.24, 2.45) is 0 Å². The van der Waals surface area contributed by atoms with Gasteiger partial charge in [0, 0.05) is 5.69 Å². The molecule has 0 spiro atoms. The molecule has 0 aliphatic heterocycles. The van der Waals surface area contributed by atoms with E-state index >= 15 is 0 Å². The maximum Gasteiger partial charge on any atom is 0.184 e. The van der Waals surface area contributed by atoms with Crippen LogP contribution in [-0.4, -0.2) is 14.2 Å². The quantitative estimate of drug-likeness (QED) is 0.642. The lowest BCUT2D eigenvalue weighted by molar-refractivity contribution is 0.518. The van der Waals surface area contributed by atoms with Crippen molar-refractivity contribution in [1.82, 2.24) is 0 Å². The van der Waals surface area contributed by atoms with Gasteiger partial charge in [0.15, 0.2) is 9.84 Å². The molecule has 1 rings (SSSR count). The van der Waals surface area contributed by atoms with Gasteiger partial charge in [0.25, 0.3) is 0 Å². The van der Waals surface area contributed by atoms with E-state index in [4.69, 9.17) is 5.73 Å². The van der Waals surface area contributed by atoms with Crippen LogP contribution in [0, 0.1) is 11.6 Å². The first kappa shape index (κ1) is 14.9. The second-order valence-electron chi connectivity index (χ2n) is 4.19. The van der Waals surface area contributed by atoms with Crippen molar-refractivity contribution in [2.75, 3.05) is 11.5 Å². The Morgan fingerprint density at radius 3 is 2.17 bits per heavy atom. The molecule has 0 saturated carbocycles. The van der Waals surface area contributed by atoms with Gasteiger partial charge >= 0.3 is 0 Å². The number of hydrogen-bond acceptors (Lipinski definition) is 3. The molecule has 2 N–H and O–H groups in total. The van der Waals surface area contributed by atoms with Crippen molar-refractivity contribution in [1.29, 1.82) is 0 Å². The number of benzene rings is 1. The van der Waals surface area contributed by atoms with E-state index in [2.05, 4.69) is 0 Å². The van der Waals surface area contributed by atoms with Gasteiger partial charge in [-0.3, -0.25) is 0 Å². The monoisotopic (exact) mass is 277 g/mol. The number of rotatable bonds is 6. The SMILES string of the molecule is CCCCCCS(=O)(=O)c1c(F)cc(N)cc1F. The van der Waals surface area contributed by atoms with Crippen LogP contribution in [0.1, 0.15) is 32.6 Å². The third kappa shape index (κ3) is 3.66. The zero-order chi connectivity index (χ0) is 13.8. The number of hydrogen-bond donors (Lipinski definition) is 1. The van der Waals surface area contributed by atoms with Crippen LogP contribution in [0.25, 0.3) is 0 Å². The molecule has 0 aliphatic carbocycles. The number of nitrogens with two attached hydrogens (primary N) is 1. The van der Waals surface area contributed by atoms with Crippen molar-refractivity contribution in [2.45, 2.75) is 37.5 Å². The van der Waals surface area contributed by atoms with E-state index in [0.717, 1.165) is 31.4 Å². The second-order valence-corrected chi connectivity index (χ2v) is 6.24. The minimum absolute atomic E-state index is 0.130. The Morgan fingerprint density at radius 1 is 1.11 bits per heavy atom. The van der Waals surface area contributed by atoms with E-state index in [1.54, 1.807) is 0 Å². The molecule has 0 aliphatic rings. The van der Waals surface area contributed by atoms with Crippen LogP contribution in [0.4, 0.5) is 14.5 Å². The highest BCUT2D eigenvalue weighted by Gasteiger charge is 2.24. The predicted molar refractivity (Wildman–Crippen MR) is 67.0 cm³/mol. The minimum Gasteiger partial charge on any atom is -0.399 e. The van der Waals surface area contributed by atoms with Gasteiger partial charge in [0.1, 0.15) is 16.5 Å². The van der Waals surface area contributed by atoms with Crippen LogP contribution in [-0.2, 0) is 9.84 Å². The summed E-state index contributed by atoms with van der Waals surface area (Å²) in [6, 6.07) is 1.64. The topological polar surface area (TPSA) is 60.2 Å². The summed E-state index contributed by atoms with van der Waals surface area (Å²) >= 11 is 0. The fourth-order valence-corrected chi connectivity index (χ4v) is 3.20. The summed E-state index contributed by atoms with van der Waals surface area (Å²) in [5.41, 5.74) is 5.11. The summed E-state index contributed by atoms with van der Waals surface area (Å²) in [6.45, 7) is 1.99. The molecule has 0 amide bonds. The van der Waals surface area contributed by atoms with Crippen LogP contribution in [0.15, 0.2) is 17.0 Å². The zero-order valence-electron chi connectivity index (χ0n) is 10.2. The summed E-state index contributed by atoms with van der Waals surface area (Å²) in [5.74, 6) is -2.49. The Balaban J connectivity index is 2.92. The van der Waals surface area contributed by atoms with Gasteiger partial charge < -0.3 is 5.73 Å². The molecule has 6 heteroatoms. The van der Waals surface area contributed by atoms with Crippen molar-refractivity contribution in [3.63, 3.8) is 0 Å². The first-order chi connectivity index (χ1) is 8.38. The average molecular weight is 277 g/mol. The van der Waals surface area contributed by atoms with Crippen molar-refractivity contribution in [3.8, 4) is 0 Å². The molecule has 0 atom stereocenters. The molecular weight excluding hydrogens is 260 g/mol. The molecule has 1 aromatic carbocycles. The zero-order valence-corrected chi connectivity index (χ0v) is 11.1. The van der Waals surface area contributed by atoms with Crippen LogP contribution < -0.4 is 5.73 Å². The molecule has 0 saturated heterocycles. The second kappa shape index (κ2) is 6.13. The Labute approximate surface area is 106 Å². The van der Waals surface area contributed by atoms with E-state index < -0.39 is 26.4 Å². The van der Waals surface area contributed by atoms with Gasteiger partial charge in [0.05, 0.1) is 5.75 Å². The maximum absolute atomic E-state index is 13.5. The molecule has 3 nitrogen and oxygen atoms in total. The largest absolute Gasteiger partial charge is 0.399 e. The van der Waals surface area contributed by atoms with Gasteiger partial charge in [0.2, 0.25) is 0 Å². The lowest BCUT2D eigenvalue weighted by Gasteiger charge is -2.07. The molecule has 102 valence electrons. The predicted octanol–water partition coefficient (Wildman–Crippen LogP) is 2.90. The van der Waals surface area contributed by atoms with Crippen LogP contribution in [0.2, 0.25) is 0 Å². The molecular formula is C12H17F2NO2S. The first-order valence-corrected chi connectivity index (χ1v) is 7.51.